The molecule has 0 radical (unpaired) electrons. The number of hydrogen-bond donors (Lipinski definition) is 3. The molecule has 12 heteroatoms. The average molecular weight is 677 g/mol. The van der Waals surface area contributed by atoms with Gasteiger partial charge in [-0.05, 0) is 65.5 Å². The first-order valence-corrected chi connectivity index (χ1v) is 16.2. The normalized spacial score (nSPS) is 16.6. The zero-order valence-electron chi connectivity index (χ0n) is 28.0. The molecule has 258 valence electrons. The minimum atomic E-state index is -1.52. The van der Waals surface area contributed by atoms with E-state index in [0.29, 0.717) is 60.1 Å². The van der Waals surface area contributed by atoms with Crippen LogP contribution >= 0.6 is 0 Å². The number of aliphatic imine (C=N–C) groups is 1. The predicted molar refractivity (Wildman–Crippen MR) is 191 cm³/mol. The van der Waals surface area contributed by atoms with Gasteiger partial charge in [-0.1, -0.05) is 71.9 Å². The first kappa shape index (κ1) is 35.5. The van der Waals surface area contributed by atoms with E-state index in [1.807, 2.05) is 60.7 Å². The zero-order chi connectivity index (χ0) is 35.2. The maximum Gasteiger partial charge on any atom is 0.266 e. The molecule has 3 N–H and O–H groups in total. The van der Waals surface area contributed by atoms with Crippen LogP contribution in [0.4, 0.5) is 5.69 Å². The lowest BCUT2D eigenvalue weighted by Crippen LogP contribution is -2.52. The molecule has 0 saturated heterocycles. The highest BCUT2D eigenvalue weighted by molar-refractivity contribution is 6.01. The Morgan fingerprint density at radius 2 is 1.78 bits per heavy atom. The van der Waals surface area contributed by atoms with Gasteiger partial charge in [-0.25, -0.2) is 10.4 Å². The van der Waals surface area contributed by atoms with Gasteiger partial charge < -0.3 is 24.1 Å². The Labute approximate surface area is 291 Å². The summed E-state index contributed by atoms with van der Waals surface area (Å²) in [4.78, 5) is 22.5. The van der Waals surface area contributed by atoms with Gasteiger partial charge >= 0.3 is 0 Å². The second kappa shape index (κ2) is 17.5. The number of nitrogens with zero attached hydrogens (tertiary/aromatic N) is 4. The van der Waals surface area contributed by atoms with E-state index in [-0.39, 0.29) is 18.9 Å². The first-order valence-electron chi connectivity index (χ1n) is 16.2. The fourth-order valence-corrected chi connectivity index (χ4v) is 5.60. The fourth-order valence-electron chi connectivity index (χ4n) is 5.60. The molecule has 0 fully saturated rings. The number of azide groups is 1. The zero-order valence-corrected chi connectivity index (χ0v) is 28.0. The Balaban J connectivity index is 1.49. The number of nitrogens with one attached hydrogen (secondary N) is 2. The van der Waals surface area contributed by atoms with E-state index >= 15 is 0 Å². The molecule has 50 heavy (non-hydrogen) atoms. The maximum atomic E-state index is 14.5. The van der Waals surface area contributed by atoms with E-state index < -0.39 is 17.6 Å². The number of amides is 1. The van der Waals surface area contributed by atoms with Gasteiger partial charge in [0, 0.05) is 47.7 Å². The number of aliphatic hydroxyl groups excluding tert-OH is 1. The lowest BCUT2D eigenvalue weighted by Gasteiger charge is -2.30. The van der Waals surface area contributed by atoms with E-state index in [4.69, 9.17) is 29.0 Å². The summed E-state index contributed by atoms with van der Waals surface area (Å²) in [5, 5.41) is 13.0. The van der Waals surface area contributed by atoms with Crippen molar-refractivity contribution in [2.24, 2.45) is 10.1 Å². The van der Waals surface area contributed by atoms with E-state index in [0.717, 1.165) is 11.1 Å². The second-order valence-electron chi connectivity index (χ2n) is 11.4. The molecule has 0 aromatic heterocycles. The molecule has 1 aliphatic heterocycles. The van der Waals surface area contributed by atoms with Gasteiger partial charge in [0.15, 0.2) is 11.6 Å². The second-order valence-corrected chi connectivity index (χ2v) is 11.4. The summed E-state index contributed by atoms with van der Waals surface area (Å²) >= 11 is 0. The number of rotatable bonds is 17. The van der Waals surface area contributed by atoms with Crippen LogP contribution < -0.4 is 25.1 Å². The molecule has 0 saturated carbocycles. The van der Waals surface area contributed by atoms with E-state index in [1.54, 1.807) is 62.8 Å². The average Bonchev–Trinajstić information content (AvgIpc) is 3.55. The summed E-state index contributed by atoms with van der Waals surface area (Å²) < 4.78 is 23.2. The standard InChI is InChI=1S/C38H40N6O6/c1-47-31-19-20-34(48-2)29(26-31)21-23-40-43-37(46)38(22-8-12-27-10-4-3-5-11-27)35(32-13-6-7-14-33(32)42-44-39)50-36(41-38)28-15-17-30(18-16-28)49-25-9-24-45/h3-8,10-20,26,35,40,45H,9,21-25H2,1-2H3,(H,43,46)/b12-8+/t35-,38-/m0/s1. The van der Waals surface area contributed by atoms with Crippen molar-refractivity contribution in [3.63, 3.8) is 0 Å². The SMILES string of the molecule is COc1ccc(OC)c(CCNNC(=O)[C@@]2(C/C=C/c3ccccc3)N=C(c3ccc(OCCCO)cc3)O[C@H]2c2ccccc2N=[N+]=[N-])c1. The van der Waals surface area contributed by atoms with Gasteiger partial charge in [-0.3, -0.25) is 10.2 Å². The molecular weight excluding hydrogens is 636 g/mol. The topological polar surface area (TPSA) is 159 Å². The number of ether oxygens (including phenoxy) is 4. The molecule has 0 spiro atoms. The molecule has 0 unspecified atom stereocenters. The van der Waals surface area contributed by atoms with E-state index in [9.17, 15) is 10.3 Å². The van der Waals surface area contributed by atoms with E-state index in [2.05, 4.69) is 20.9 Å². The van der Waals surface area contributed by atoms with Crippen LogP contribution in [-0.4, -0.2) is 56.4 Å². The molecule has 0 bridgehead atoms. The highest BCUT2D eigenvalue weighted by atomic mass is 16.5. The minimum Gasteiger partial charge on any atom is -0.497 e. The third-order valence-corrected chi connectivity index (χ3v) is 8.15. The Morgan fingerprint density at radius 1 is 1.02 bits per heavy atom. The monoisotopic (exact) mass is 676 g/mol. The van der Waals surface area contributed by atoms with Crippen molar-refractivity contribution in [3.05, 3.63) is 136 Å². The van der Waals surface area contributed by atoms with Crippen LogP contribution in [-0.2, 0) is 16.0 Å². The number of aliphatic hydroxyl groups is 1. The molecule has 4 aromatic carbocycles. The Bertz CT molecular complexity index is 1840. The number of hydrogen-bond acceptors (Lipinski definition) is 9. The first-order chi connectivity index (χ1) is 24.5. The van der Waals surface area contributed by atoms with Gasteiger partial charge in [0.2, 0.25) is 5.90 Å². The van der Waals surface area contributed by atoms with Crippen molar-refractivity contribution >= 4 is 23.6 Å². The summed E-state index contributed by atoms with van der Waals surface area (Å²) in [6.45, 7) is 0.787. The van der Waals surface area contributed by atoms with Crippen molar-refractivity contribution in [2.75, 3.05) is 34.0 Å². The highest BCUT2D eigenvalue weighted by Gasteiger charge is 2.53. The maximum absolute atomic E-state index is 14.5. The Hall–Kier alpha value is -5.81. The van der Waals surface area contributed by atoms with Crippen molar-refractivity contribution < 1.29 is 28.8 Å². The molecular formula is C38H40N6O6. The number of carbonyl (C=O) groups is 1. The van der Waals surface area contributed by atoms with Gasteiger partial charge in [0.05, 0.1) is 20.8 Å². The van der Waals surface area contributed by atoms with Crippen LogP contribution in [0.1, 0.15) is 41.2 Å². The van der Waals surface area contributed by atoms with Crippen molar-refractivity contribution in [2.45, 2.75) is 30.9 Å². The molecule has 0 aliphatic carbocycles. The van der Waals surface area contributed by atoms with Crippen LogP contribution in [0.15, 0.2) is 113 Å². The molecule has 1 heterocycles. The summed E-state index contributed by atoms with van der Waals surface area (Å²) in [5.41, 5.74) is 17.2. The van der Waals surface area contributed by atoms with Crippen LogP contribution in [0.5, 0.6) is 17.2 Å². The summed E-state index contributed by atoms with van der Waals surface area (Å²) in [6, 6.07) is 29.5. The van der Waals surface area contributed by atoms with Crippen molar-refractivity contribution in [3.8, 4) is 17.2 Å². The van der Waals surface area contributed by atoms with Crippen LogP contribution in [0.2, 0.25) is 0 Å². The summed E-state index contributed by atoms with van der Waals surface area (Å²) in [5.74, 6) is 1.84. The molecule has 5 rings (SSSR count). The molecule has 2 atom stereocenters. The van der Waals surface area contributed by atoms with Crippen molar-refractivity contribution in [1.29, 1.82) is 0 Å². The van der Waals surface area contributed by atoms with Crippen LogP contribution in [0, 0.1) is 0 Å². The van der Waals surface area contributed by atoms with Gasteiger partial charge in [-0.2, -0.15) is 0 Å². The van der Waals surface area contributed by atoms with Crippen molar-refractivity contribution in [1.82, 2.24) is 10.9 Å². The lowest BCUT2D eigenvalue weighted by molar-refractivity contribution is -0.129. The fraction of sp³-hybridized carbons (Fsp3) is 0.263. The third kappa shape index (κ3) is 8.61. The molecule has 12 nitrogen and oxygen atoms in total. The minimum absolute atomic E-state index is 0.0361. The number of benzene rings is 4. The molecule has 4 aromatic rings. The van der Waals surface area contributed by atoms with Gasteiger partial charge in [-0.15, -0.1) is 0 Å². The van der Waals surface area contributed by atoms with E-state index in [1.165, 1.54) is 0 Å². The molecule has 1 aliphatic rings. The number of carbonyl (C=O) groups excluding carboxylic acids is 1. The van der Waals surface area contributed by atoms with Crippen LogP contribution in [0.25, 0.3) is 16.5 Å². The smallest absolute Gasteiger partial charge is 0.266 e. The Morgan fingerprint density at radius 3 is 2.52 bits per heavy atom. The van der Waals surface area contributed by atoms with Gasteiger partial charge in [0.25, 0.3) is 5.91 Å². The summed E-state index contributed by atoms with van der Waals surface area (Å²) in [7, 11) is 3.21. The number of methoxy groups -OCH3 is 2. The Kier molecular flexibility index (Phi) is 12.5. The predicted octanol–water partition coefficient (Wildman–Crippen LogP) is 6.63. The third-order valence-electron chi connectivity index (χ3n) is 8.15. The molecule has 1 amide bonds. The lowest BCUT2D eigenvalue weighted by atomic mass is 9.83. The van der Waals surface area contributed by atoms with Crippen LogP contribution in [0.3, 0.4) is 0 Å². The quantitative estimate of drug-likeness (QED) is 0.0372. The highest BCUT2D eigenvalue weighted by Crippen LogP contribution is 2.45. The summed E-state index contributed by atoms with van der Waals surface area (Å²) in [6.07, 6.45) is 4.06. The largest absolute Gasteiger partial charge is 0.497 e. The van der Waals surface area contributed by atoms with Gasteiger partial charge in [0.1, 0.15) is 17.2 Å². The number of hydrazine groups is 1.